The number of carbonyl (C=O) groups excluding carboxylic acids is 4. The van der Waals surface area contributed by atoms with Crippen molar-refractivity contribution in [3.63, 3.8) is 0 Å². The third-order valence-electron chi connectivity index (χ3n) is 5.61. The number of hydrogen-bond donors (Lipinski definition) is 2. The highest BCUT2D eigenvalue weighted by molar-refractivity contribution is 6.43. The smallest absolute Gasteiger partial charge is 0.335 e. The minimum atomic E-state index is -0.895. The van der Waals surface area contributed by atoms with Crippen LogP contribution in [0.3, 0.4) is 0 Å². The maximum Gasteiger partial charge on any atom is 0.335 e. The average Bonchev–Trinajstić information content (AvgIpc) is 2.85. The summed E-state index contributed by atoms with van der Waals surface area (Å²) in [5.41, 5.74) is 3.31. The number of ether oxygens (including phenoxy) is 1. The third-order valence-corrected chi connectivity index (χ3v) is 6.35. The molecule has 0 spiro atoms. The van der Waals surface area contributed by atoms with Gasteiger partial charge in [0.15, 0.2) is 6.61 Å². The van der Waals surface area contributed by atoms with Crippen molar-refractivity contribution in [2.24, 2.45) is 0 Å². The van der Waals surface area contributed by atoms with E-state index in [1.807, 2.05) is 32.0 Å². The van der Waals surface area contributed by atoms with E-state index in [1.54, 1.807) is 24.3 Å². The first-order valence-electron chi connectivity index (χ1n) is 11.1. The van der Waals surface area contributed by atoms with E-state index in [1.165, 1.54) is 24.3 Å². The van der Waals surface area contributed by atoms with E-state index in [0.29, 0.717) is 17.0 Å². The highest BCUT2D eigenvalue weighted by Gasteiger charge is 2.37. The number of hydrogen-bond acceptors (Lipinski definition) is 5. The molecular formula is C27H21Cl2N3O5. The molecule has 5 amide bonds. The van der Waals surface area contributed by atoms with Gasteiger partial charge < -0.3 is 10.1 Å². The Morgan fingerprint density at radius 1 is 0.946 bits per heavy atom. The number of imide groups is 2. The number of nitrogens with zero attached hydrogens (tertiary/aromatic N) is 1. The summed E-state index contributed by atoms with van der Waals surface area (Å²) in [4.78, 5) is 50.8. The van der Waals surface area contributed by atoms with Crippen molar-refractivity contribution >= 4 is 64.4 Å². The summed E-state index contributed by atoms with van der Waals surface area (Å²) in [7, 11) is 0. The van der Waals surface area contributed by atoms with Crippen molar-refractivity contribution in [1.29, 1.82) is 0 Å². The van der Waals surface area contributed by atoms with Crippen LogP contribution < -0.4 is 20.3 Å². The van der Waals surface area contributed by atoms with Gasteiger partial charge in [0.05, 0.1) is 15.7 Å². The Morgan fingerprint density at radius 3 is 2.35 bits per heavy atom. The molecular weight excluding hydrogens is 517 g/mol. The fourth-order valence-corrected chi connectivity index (χ4v) is 3.80. The molecule has 3 aromatic rings. The molecule has 0 atom stereocenters. The van der Waals surface area contributed by atoms with Crippen LogP contribution in [0.2, 0.25) is 10.0 Å². The summed E-state index contributed by atoms with van der Waals surface area (Å²) in [5, 5.41) is 5.34. The second kappa shape index (κ2) is 10.9. The van der Waals surface area contributed by atoms with Crippen molar-refractivity contribution in [3.8, 4) is 5.75 Å². The van der Waals surface area contributed by atoms with Crippen molar-refractivity contribution in [1.82, 2.24) is 5.32 Å². The molecule has 2 N–H and O–H groups in total. The molecule has 0 bridgehead atoms. The van der Waals surface area contributed by atoms with Gasteiger partial charge in [-0.25, -0.2) is 9.69 Å². The van der Waals surface area contributed by atoms with E-state index in [2.05, 4.69) is 10.6 Å². The molecule has 10 heteroatoms. The van der Waals surface area contributed by atoms with Crippen LogP contribution in [0.25, 0.3) is 6.08 Å². The van der Waals surface area contributed by atoms with Gasteiger partial charge in [-0.3, -0.25) is 19.7 Å². The van der Waals surface area contributed by atoms with Crippen LogP contribution in [0.5, 0.6) is 5.75 Å². The van der Waals surface area contributed by atoms with E-state index in [-0.39, 0.29) is 33.8 Å². The Labute approximate surface area is 222 Å². The molecule has 0 aromatic heterocycles. The summed E-state index contributed by atoms with van der Waals surface area (Å²) in [6, 6.07) is 15.4. The fourth-order valence-electron chi connectivity index (χ4n) is 3.51. The largest absolute Gasteiger partial charge is 0.484 e. The number of aryl methyl sites for hydroxylation is 2. The fraction of sp³-hybridized carbons (Fsp3) is 0.111. The molecule has 4 rings (SSSR count). The number of barbiturate groups is 1. The third kappa shape index (κ3) is 5.99. The molecule has 37 heavy (non-hydrogen) atoms. The standard InChI is InChI=1S/C27H21Cl2N3O5/c1-15-3-6-18(11-16(15)2)30-24(33)14-37-20-8-4-17(5-9-20)12-21-25(34)31-27(36)32(26(21)35)19-7-10-22(28)23(29)13-19/h3-13H,14H2,1-2H3,(H,30,33)(H,31,34,36)/b21-12-. The molecule has 1 saturated heterocycles. The molecule has 8 nitrogen and oxygen atoms in total. The number of urea groups is 1. The SMILES string of the molecule is Cc1ccc(NC(=O)COc2ccc(/C=C3/C(=O)NC(=O)N(c4ccc(Cl)c(Cl)c4)C3=O)cc2)cc1C. The van der Waals surface area contributed by atoms with Crippen LogP contribution in [0, 0.1) is 13.8 Å². The van der Waals surface area contributed by atoms with Gasteiger partial charge in [-0.1, -0.05) is 41.4 Å². The number of benzene rings is 3. The summed E-state index contributed by atoms with van der Waals surface area (Å²) in [6.45, 7) is 3.76. The lowest BCUT2D eigenvalue weighted by Crippen LogP contribution is -2.54. The average molecular weight is 538 g/mol. The van der Waals surface area contributed by atoms with Crippen LogP contribution >= 0.6 is 23.2 Å². The second-order valence-electron chi connectivity index (χ2n) is 8.26. The minimum Gasteiger partial charge on any atom is -0.484 e. The second-order valence-corrected chi connectivity index (χ2v) is 9.08. The van der Waals surface area contributed by atoms with Crippen LogP contribution in [0.15, 0.2) is 66.2 Å². The van der Waals surface area contributed by atoms with Crippen molar-refractivity contribution < 1.29 is 23.9 Å². The number of halogens is 2. The van der Waals surface area contributed by atoms with Crippen molar-refractivity contribution in [2.45, 2.75) is 13.8 Å². The Hall–Kier alpha value is -4.14. The number of carbonyl (C=O) groups is 4. The molecule has 0 radical (unpaired) electrons. The number of anilines is 2. The topological polar surface area (TPSA) is 105 Å². The maximum absolute atomic E-state index is 13.0. The van der Waals surface area contributed by atoms with E-state index in [9.17, 15) is 19.2 Å². The number of nitrogens with one attached hydrogen (secondary N) is 2. The van der Waals surface area contributed by atoms with Gasteiger partial charge in [0.25, 0.3) is 17.7 Å². The highest BCUT2D eigenvalue weighted by Crippen LogP contribution is 2.29. The van der Waals surface area contributed by atoms with Gasteiger partial charge in [0, 0.05) is 5.69 Å². The quantitative estimate of drug-likeness (QED) is 0.328. The van der Waals surface area contributed by atoms with E-state index < -0.39 is 17.8 Å². The highest BCUT2D eigenvalue weighted by atomic mass is 35.5. The zero-order chi connectivity index (χ0) is 26.7. The summed E-state index contributed by atoms with van der Waals surface area (Å²) >= 11 is 11.9. The predicted molar refractivity (Wildman–Crippen MR) is 142 cm³/mol. The zero-order valence-electron chi connectivity index (χ0n) is 19.8. The van der Waals surface area contributed by atoms with E-state index >= 15 is 0 Å². The van der Waals surface area contributed by atoms with Gasteiger partial charge >= 0.3 is 6.03 Å². The van der Waals surface area contributed by atoms with Crippen LogP contribution in [-0.4, -0.2) is 30.4 Å². The van der Waals surface area contributed by atoms with Crippen molar-refractivity contribution in [3.05, 3.63) is 93.0 Å². The van der Waals surface area contributed by atoms with E-state index in [4.69, 9.17) is 27.9 Å². The van der Waals surface area contributed by atoms with E-state index in [0.717, 1.165) is 16.0 Å². The molecule has 0 unspecified atom stereocenters. The predicted octanol–water partition coefficient (Wildman–Crippen LogP) is 5.29. The molecule has 188 valence electrons. The Morgan fingerprint density at radius 2 is 1.68 bits per heavy atom. The zero-order valence-corrected chi connectivity index (χ0v) is 21.3. The Kier molecular flexibility index (Phi) is 7.61. The molecule has 0 aliphatic carbocycles. The lowest BCUT2D eigenvalue weighted by atomic mass is 10.1. The Bertz CT molecular complexity index is 1450. The maximum atomic E-state index is 13.0. The van der Waals surface area contributed by atoms with Crippen LogP contribution in [-0.2, 0) is 14.4 Å². The van der Waals surface area contributed by atoms with Crippen molar-refractivity contribution in [2.75, 3.05) is 16.8 Å². The number of amides is 5. The molecule has 3 aromatic carbocycles. The van der Waals surface area contributed by atoms with Gasteiger partial charge in [-0.2, -0.15) is 0 Å². The molecule has 1 fully saturated rings. The molecule has 0 saturated carbocycles. The first-order chi connectivity index (χ1) is 17.6. The van der Waals surface area contributed by atoms with Crippen LogP contribution in [0.1, 0.15) is 16.7 Å². The van der Waals surface area contributed by atoms with Gasteiger partial charge in [0.2, 0.25) is 0 Å². The molecule has 1 heterocycles. The first kappa shape index (κ1) is 25.9. The van der Waals surface area contributed by atoms with Gasteiger partial charge in [-0.15, -0.1) is 0 Å². The lowest BCUT2D eigenvalue weighted by molar-refractivity contribution is -0.122. The minimum absolute atomic E-state index is 0.153. The molecule has 1 aliphatic rings. The Balaban J connectivity index is 1.43. The summed E-state index contributed by atoms with van der Waals surface area (Å²) < 4.78 is 5.54. The first-order valence-corrected chi connectivity index (χ1v) is 11.8. The normalized spacial score (nSPS) is 14.5. The van der Waals surface area contributed by atoms with Gasteiger partial charge in [-0.05, 0) is 79.1 Å². The van der Waals surface area contributed by atoms with Crippen LogP contribution in [0.4, 0.5) is 16.2 Å². The summed E-state index contributed by atoms with van der Waals surface area (Å²) in [5.74, 6) is -1.53. The summed E-state index contributed by atoms with van der Waals surface area (Å²) in [6.07, 6.45) is 1.35. The lowest BCUT2D eigenvalue weighted by Gasteiger charge is -2.26. The number of rotatable bonds is 6. The monoisotopic (exact) mass is 537 g/mol. The molecule has 1 aliphatic heterocycles. The van der Waals surface area contributed by atoms with Gasteiger partial charge in [0.1, 0.15) is 11.3 Å².